The Hall–Kier alpha value is -3.61. The minimum absolute atomic E-state index is 0.000332. The van der Waals surface area contributed by atoms with E-state index in [9.17, 15) is 14.4 Å². The fraction of sp³-hybridized carbons (Fsp3) is 0.370. The summed E-state index contributed by atoms with van der Waals surface area (Å²) in [6, 6.07) is 16.1. The number of benzene rings is 2. The average molecular weight is 463 g/mol. The van der Waals surface area contributed by atoms with Crippen LogP contribution in [0.2, 0.25) is 0 Å². The van der Waals surface area contributed by atoms with Gasteiger partial charge in [0, 0.05) is 12.5 Å². The summed E-state index contributed by atoms with van der Waals surface area (Å²) >= 11 is 0. The Balaban J connectivity index is 1.22. The number of fused-ring (bicyclic) bond motifs is 3. The summed E-state index contributed by atoms with van der Waals surface area (Å²) in [5.74, 6) is -1.69. The Kier molecular flexibility index (Phi) is 7.30. The second-order valence-electron chi connectivity index (χ2n) is 8.98. The Morgan fingerprint density at radius 2 is 1.68 bits per heavy atom. The van der Waals surface area contributed by atoms with Crippen molar-refractivity contribution >= 4 is 18.0 Å². The van der Waals surface area contributed by atoms with Crippen molar-refractivity contribution in [3.8, 4) is 11.1 Å². The molecule has 0 saturated heterocycles. The van der Waals surface area contributed by atoms with Crippen molar-refractivity contribution in [3.63, 3.8) is 0 Å². The first-order valence-corrected chi connectivity index (χ1v) is 11.7. The number of alkyl carbamates (subject to hydrolysis) is 1. The molecule has 7 nitrogen and oxygen atoms in total. The molecule has 0 heterocycles. The molecule has 2 amide bonds. The fourth-order valence-corrected chi connectivity index (χ4v) is 4.67. The lowest BCUT2D eigenvalue weighted by atomic mass is 9.98. The third-order valence-electron chi connectivity index (χ3n) is 6.60. The largest absolute Gasteiger partial charge is 0.481 e. The fourth-order valence-electron chi connectivity index (χ4n) is 4.67. The molecule has 2 aromatic carbocycles. The maximum absolute atomic E-state index is 12.5. The van der Waals surface area contributed by atoms with Gasteiger partial charge in [-0.05, 0) is 41.5 Å². The molecule has 2 aliphatic rings. The molecular weight excluding hydrogens is 432 g/mol. The molecule has 4 rings (SSSR count). The molecule has 3 N–H and O–H groups in total. The highest BCUT2D eigenvalue weighted by Crippen LogP contribution is 2.44. The van der Waals surface area contributed by atoms with Gasteiger partial charge in [0.05, 0.1) is 17.9 Å². The summed E-state index contributed by atoms with van der Waals surface area (Å²) in [6.07, 6.45) is 4.71. The van der Waals surface area contributed by atoms with Crippen LogP contribution in [0.1, 0.15) is 43.2 Å². The number of aliphatic carboxylic acids is 1. The van der Waals surface area contributed by atoms with Crippen molar-refractivity contribution in [3.05, 3.63) is 71.8 Å². The number of carbonyl (C=O) groups excluding carboxylic acids is 2. The normalized spacial score (nSPS) is 19.2. The molecule has 34 heavy (non-hydrogen) atoms. The predicted molar refractivity (Wildman–Crippen MR) is 128 cm³/mol. The molecule has 2 aliphatic carbocycles. The number of carboxylic acids is 1. The lowest BCUT2D eigenvalue weighted by Crippen LogP contribution is -2.36. The van der Waals surface area contributed by atoms with Crippen molar-refractivity contribution in [1.82, 2.24) is 10.6 Å². The highest BCUT2D eigenvalue weighted by atomic mass is 16.5. The molecule has 0 aliphatic heterocycles. The zero-order valence-electron chi connectivity index (χ0n) is 19.2. The maximum atomic E-state index is 12.5. The first-order valence-electron chi connectivity index (χ1n) is 11.7. The maximum Gasteiger partial charge on any atom is 0.407 e. The van der Waals surface area contributed by atoms with Gasteiger partial charge in [0.1, 0.15) is 6.61 Å². The van der Waals surface area contributed by atoms with Crippen LogP contribution in [0.15, 0.2) is 60.7 Å². The standard InChI is InChI=1S/C27H30N2O5/c1-17(26(31)32)7-6-14-28-25(30)18-12-13-19(15-18)29-27(33)34-16-24-22-10-4-2-8-20(22)21-9-3-5-11-23(21)24/h2-5,8-13,17-19,24H,6-7,14-16H2,1H3,(H,28,30)(H,29,33)(H,31,32). The highest BCUT2D eigenvalue weighted by molar-refractivity contribution is 5.81. The Morgan fingerprint density at radius 3 is 2.32 bits per heavy atom. The summed E-state index contributed by atoms with van der Waals surface area (Å²) in [7, 11) is 0. The molecule has 0 spiro atoms. The molecule has 178 valence electrons. The summed E-state index contributed by atoms with van der Waals surface area (Å²) in [6.45, 7) is 2.34. The molecule has 0 fully saturated rings. The third-order valence-corrected chi connectivity index (χ3v) is 6.60. The van der Waals surface area contributed by atoms with Gasteiger partial charge >= 0.3 is 12.1 Å². The van der Waals surface area contributed by atoms with E-state index in [2.05, 4.69) is 34.9 Å². The number of carbonyl (C=O) groups is 3. The molecule has 3 atom stereocenters. The zero-order valence-corrected chi connectivity index (χ0v) is 19.2. The smallest absolute Gasteiger partial charge is 0.407 e. The van der Waals surface area contributed by atoms with E-state index in [0.29, 0.717) is 25.8 Å². The monoisotopic (exact) mass is 462 g/mol. The molecule has 7 heteroatoms. The quantitative estimate of drug-likeness (QED) is 0.385. The van der Waals surface area contributed by atoms with Crippen LogP contribution < -0.4 is 10.6 Å². The van der Waals surface area contributed by atoms with Crippen molar-refractivity contribution in [2.75, 3.05) is 13.2 Å². The van der Waals surface area contributed by atoms with E-state index in [1.807, 2.05) is 30.3 Å². The van der Waals surface area contributed by atoms with Gasteiger partial charge in [-0.15, -0.1) is 0 Å². The summed E-state index contributed by atoms with van der Waals surface area (Å²) < 4.78 is 5.59. The van der Waals surface area contributed by atoms with E-state index >= 15 is 0 Å². The number of carboxylic acid groups (broad SMARTS) is 1. The van der Waals surface area contributed by atoms with Gasteiger partial charge in [-0.1, -0.05) is 67.6 Å². The zero-order chi connectivity index (χ0) is 24.1. The van der Waals surface area contributed by atoms with Gasteiger partial charge in [-0.3, -0.25) is 9.59 Å². The summed E-state index contributed by atoms with van der Waals surface area (Å²) in [5, 5.41) is 14.6. The minimum Gasteiger partial charge on any atom is -0.481 e. The molecule has 0 radical (unpaired) electrons. The van der Waals surface area contributed by atoms with Crippen LogP contribution in [0.4, 0.5) is 4.79 Å². The van der Waals surface area contributed by atoms with E-state index in [1.54, 1.807) is 13.0 Å². The van der Waals surface area contributed by atoms with Crippen molar-refractivity contribution < 1.29 is 24.2 Å². The van der Waals surface area contributed by atoms with Crippen LogP contribution in [0.5, 0.6) is 0 Å². The molecule has 0 saturated carbocycles. The number of rotatable bonds is 9. The van der Waals surface area contributed by atoms with E-state index < -0.39 is 18.0 Å². The van der Waals surface area contributed by atoms with E-state index in [1.165, 1.54) is 11.1 Å². The molecule has 2 aromatic rings. The Bertz CT molecular complexity index is 1050. The minimum atomic E-state index is -0.827. The first kappa shape index (κ1) is 23.5. The summed E-state index contributed by atoms with van der Waals surface area (Å²) in [4.78, 5) is 35.7. The second kappa shape index (κ2) is 10.5. The van der Waals surface area contributed by atoms with Gasteiger partial charge in [0.25, 0.3) is 0 Å². The van der Waals surface area contributed by atoms with E-state index in [4.69, 9.17) is 9.84 Å². The number of hydrogen-bond donors (Lipinski definition) is 3. The lowest BCUT2D eigenvalue weighted by Gasteiger charge is -2.17. The van der Waals surface area contributed by atoms with Crippen LogP contribution in [0.25, 0.3) is 11.1 Å². The van der Waals surface area contributed by atoms with Crippen LogP contribution >= 0.6 is 0 Å². The van der Waals surface area contributed by atoms with Gasteiger partial charge in [0.2, 0.25) is 5.91 Å². The lowest BCUT2D eigenvalue weighted by molar-refractivity contribution is -0.141. The summed E-state index contributed by atoms with van der Waals surface area (Å²) in [5.41, 5.74) is 4.67. The SMILES string of the molecule is CC(CCCNC(=O)C1C=CC(NC(=O)OCC2c3ccccc3-c3ccccc32)C1)C(=O)O. The number of hydrogen-bond acceptors (Lipinski definition) is 4. The number of ether oxygens (including phenoxy) is 1. The van der Waals surface area contributed by atoms with Crippen LogP contribution in [-0.4, -0.2) is 42.3 Å². The molecule has 3 unspecified atom stereocenters. The predicted octanol–water partition coefficient (Wildman–Crippen LogP) is 4.09. The number of nitrogens with one attached hydrogen (secondary N) is 2. The van der Waals surface area contributed by atoms with Crippen molar-refractivity contribution in [2.24, 2.45) is 11.8 Å². The van der Waals surface area contributed by atoms with E-state index in [-0.39, 0.29) is 30.4 Å². The van der Waals surface area contributed by atoms with Crippen LogP contribution in [0.3, 0.4) is 0 Å². The van der Waals surface area contributed by atoms with E-state index in [0.717, 1.165) is 11.1 Å². The highest BCUT2D eigenvalue weighted by Gasteiger charge is 2.30. The molecule has 0 aromatic heterocycles. The Morgan fingerprint density at radius 1 is 1.03 bits per heavy atom. The van der Waals surface area contributed by atoms with Crippen molar-refractivity contribution in [1.29, 1.82) is 0 Å². The van der Waals surface area contributed by atoms with Gasteiger partial charge in [0.15, 0.2) is 0 Å². The van der Waals surface area contributed by atoms with Crippen LogP contribution in [-0.2, 0) is 14.3 Å². The van der Waals surface area contributed by atoms with Crippen LogP contribution in [0, 0.1) is 11.8 Å². The third kappa shape index (κ3) is 5.30. The second-order valence-corrected chi connectivity index (χ2v) is 8.98. The molecule has 0 bridgehead atoms. The average Bonchev–Trinajstić information content (AvgIpc) is 3.43. The van der Waals surface area contributed by atoms with Gasteiger partial charge < -0.3 is 20.5 Å². The Labute approximate surface area is 199 Å². The first-order chi connectivity index (χ1) is 16.4. The van der Waals surface area contributed by atoms with Crippen molar-refractivity contribution in [2.45, 2.75) is 38.1 Å². The number of amides is 2. The topological polar surface area (TPSA) is 105 Å². The van der Waals surface area contributed by atoms with Gasteiger partial charge in [-0.2, -0.15) is 0 Å². The molecular formula is C27H30N2O5. The van der Waals surface area contributed by atoms with Gasteiger partial charge in [-0.25, -0.2) is 4.79 Å².